The highest BCUT2D eigenvalue weighted by Crippen LogP contribution is 2.17. The van der Waals surface area contributed by atoms with Crippen LogP contribution in [0.5, 0.6) is 0 Å². The Morgan fingerprint density at radius 1 is 1.40 bits per heavy atom. The van der Waals surface area contributed by atoms with E-state index >= 15 is 0 Å². The fraction of sp³-hybridized carbons (Fsp3) is 0.200. The van der Waals surface area contributed by atoms with Crippen molar-refractivity contribution >= 4 is 25.1 Å². The van der Waals surface area contributed by atoms with Gasteiger partial charge in [-0.2, -0.15) is 12.6 Å². The average molecular weight is 229 g/mol. The standard InChI is InChI=1S/C10H9BF3S/c1-3-9-4-8(6-15)5-10(7(9)2)11(12,13)14/h1,4-5,15H,6H2,2H3/q-1. The maximum Gasteiger partial charge on any atom is 0.509 e. The molecule has 0 atom stereocenters. The largest absolute Gasteiger partial charge is 0.509 e. The first-order chi connectivity index (χ1) is 6.90. The van der Waals surface area contributed by atoms with E-state index in [-0.39, 0.29) is 16.9 Å². The molecule has 1 aromatic carbocycles. The van der Waals surface area contributed by atoms with Crippen molar-refractivity contribution in [2.24, 2.45) is 0 Å². The van der Waals surface area contributed by atoms with E-state index in [0.717, 1.165) is 6.07 Å². The summed E-state index contributed by atoms with van der Waals surface area (Å²) in [7, 11) is 0. The van der Waals surface area contributed by atoms with Gasteiger partial charge >= 0.3 is 6.98 Å². The second-order valence-electron chi connectivity index (χ2n) is 3.23. The predicted molar refractivity (Wildman–Crippen MR) is 60.5 cm³/mol. The van der Waals surface area contributed by atoms with E-state index in [1.54, 1.807) is 6.07 Å². The van der Waals surface area contributed by atoms with Crippen LogP contribution in [-0.2, 0) is 5.75 Å². The topological polar surface area (TPSA) is 0 Å². The van der Waals surface area contributed by atoms with Gasteiger partial charge in [-0.3, -0.25) is 0 Å². The lowest BCUT2D eigenvalue weighted by molar-refractivity contribution is 0.500. The van der Waals surface area contributed by atoms with E-state index in [4.69, 9.17) is 6.42 Å². The number of hydrogen-bond acceptors (Lipinski definition) is 1. The molecule has 0 aromatic heterocycles. The lowest BCUT2D eigenvalue weighted by atomic mass is 9.75. The molecule has 0 aliphatic rings. The van der Waals surface area contributed by atoms with Gasteiger partial charge in [-0.05, 0) is 18.6 Å². The maximum absolute atomic E-state index is 12.7. The van der Waals surface area contributed by atoms with Gasteiger partial charge in [-0.15, -0.1) is 11.9 Å². The first-order valence-corrected chi connectivity index (χ1v) is 4.94. The maximum atomic E-state index is 12.7. The van der Waals surface area contributed by atoms with Gasteiger partial charge in [-0.25, -0.2) is 0 Å². The van der Waals surface area contributed by atoms with E-state index in [0.29, 0.717) is 5.56 Å². The highest BCUT2D eigenvalue weighted by molar-refractivity contribution is 7.79. The molecule has 80 valence electrons. The van der Waals surface area contributed by atoms with E-state index in [1.807, 2.05) is 0 Å². The molecule has 0 radical (unpaired) electrons. The molecule has 0 spiro atoms. The Morgan fingerprint density at radius 3 is 2.40 bits per heavy atom. The van der Waals surface area contributed by atoms with Crippen LogP contribution in [-0.4, -0.2) is 6.98 Å². The van der Waals surface area contributed by atoms with E-state index < -0.39 is 12.4 Å². The minimum atomic E-state index is -5.01. The van der Waals surface area contributed by atoms with Gasteiger partial charge < -0.3 is 12.9 Å². The second kappa shape index (κ2) is 4.24. The number of halogens is 3. The predicted octanol–water partition coefficient (Wildman–Crippen LogP) is 2.46. The van der Waals surface area contributed by atoms with E-state index in [1.165, 1.54) is 6.92 Å². The Hall–Kier alpha value is -1.02. The van der Waals surface area contributed by atoms with E-state index in [2.05, 4.69) is 18.5 Å². The van der Waals surface area contributed by atoms with Crippen molar-refractivity contribution in [3.05, 3.63) is 28.8 Å². The molecule has 5 heteroatoms. The average Bonchev–Trinajstić information content (AvgIpc) is 2.16. The summed E-state index contributed by atoms with van der Waals surface area (Å²) in [6, 6.07) is 2.68. The third-order valence-corrected chi connectivity index (χ3v) is 2.56. The molecule has 1 aromatic rings. The number of benzene rings is 1. The summed E-state index contributed by atoms with van der Waals surface area (Å²) in [6.07, 6.45) is 5.15. The van der Waals surface area contributed by atoms with Crippen LogP contribution in [0.1, 0.15) is 16.7 Å². The lowest BCUT2D eigenvalue weighted by Crippen LogP contribution is -2.37. The van der Waals surface area contributed by atoms with E-state index in [9.17, 15) is 12.9 Å². The van der Waals surface area contributed by atoms with Gasteiger partial charge in [0.25, 0.3) is 0 Å². The number of hydrogen-bond donors (Lipinski definition) is 1. The Morgan fingerprint density at radius 2 is 2.00 bits per heavy atom. The zero-order valence-corrected chi connectivity index (χ0v) is 8.99. The van der Waals surface area contributed by atoms with Crippen molar-refractivity contribution in [3.8, 4) is 12.3 Å². The van der Waals surface area contributed by atoms with Crippen LogP contribution in [0, 0.1) is 19.3 Å². The summed E-state index contributed by atoms with van der Waals surface area (Å²) < 4.78 is 38.0. The van der Waals surface area contributed by atoms with Gasteiger partial charge in [0.05, 0.1) is 0 Å². The first-order valence-electron chi connectivity index (χ1n) is 4.31. The highest BCUT2D eigenvalue weighted by Gasteiger charge is 2.28. The fourth-order valence-electron chi connectivity index (χ4n) is 1.38. The van der Waals surface area contributed by atoms with Crippen molar-refractivity contribution in [2.75, 3.05) is 0 Å². The molecule has 1 rings (SSSR count). The van der Waals surface area contributed by atoms with Gasteiger partial charge in [0.2, 0.25) is 0 Å². The summed E-state index contributed by atoms with van der Waals surface area (Å²) in [4.78, 5) is 0. The first kappa shape index (κ1) is 12.1. The second-order valence-corrected chi connectivity index (χ2v) is 3.55. The quantitative estimate of drug-likeness (QED) is 0.449. The Kier molecular flexibility index (Phi) is 3.40. The number of terminal acetylenes is 1. The van der Waals surface area contributed by atoms with Crippen molar-refractivity contribution in [1.29, 1.82) is 0 Å². The molecule has 15 heavy (non-hydrogen) atoms. The molecule has 0 saturated heterocycles. The van der Waals surface area contributed by atoms with Crippen molar-refractivity contribution in [1.82, 2.24) is 0 Å². The number of thiol groups is 1. The van der Waals surface area contributed by atoms with Crippen LogP contribution in [0.4, 0.5) is 12.9 Å². The van der Waals surface area contributed by atoms with Crippen LogP contribution in [0.3, 0.4) is 0 Å². The van der Waals surface area contributed by atoms with Gasteiger partial charge in [0, 0.05) is 11.3 Å². The number of rotatable bonds is 2. The molecule has 0 unspecified atom stereocenters. The molecule has 0 nitrogen and oxygen atoms in total. The lowest BCUT2D eigenvalue weighted by Gasteiger charge is -2.20. The summed E-state index contributed by atoms with van der Waals surface area (Å²) in [5.74, 6) is 2.50. The minimum absolute atomic E-state index is 0.121. The normalized spacial score (nSPS) is 11.2. The molecule has 0 heterocycles. The smallest absolute Gasteiger partial charge is 0.445 e. The Balaban J connectivity index is 3.46. The van der Waals surface area contributed by atoms with Crippen molar-refractivity contribution in [2.45, 2.75) is 12.7 Å². The van der Waals surface area contributed by atoms with Crippen LogP contribution in [0.2, 0.25) is 0 Å². The van der Waals surface area contributed by atoms with Crippen LogP contribution in [0.25, 0.3) is 0 Å². The third kappa shape index (κ3) is 2.51. The summed E-state index contributed by atoms with van der Waals surface area (Å²) >= 11 is 3.94. The highest BCUT2D eigenvalue weighted by atomic mass is 32.1. The molecular formula is C10H9BF3S-. The van der Waals surface area contributed by atoms with Gasteiger partial charge in [0.1, 0.15) is 0 Å². The van der Waals surface area contributed by atoms with Crippen LogP contribution < -0.4 is 5.46 Å². The van der Waals surface area contributed by atoms with Gasteiger partial charge in [0.15, 0.2) is 0 Å². The minimum Gasteiger partial charge on any atom is -0.445 e. The van der Waals surface area contributed by atoms with Crippen LogP contribution >= 0.6 is 12.6 Å². The third-order valence-electron chi connectivity index (χ3n) is 2.20. The zero-order chi connectivity index (χ0) is 11.6. The SMILES string of the molecule is C#Cc1cc(CS)cc([B-](F)(F)F)c1C. The monoisotopic (exact) mass is 229 g/mol. The summed E-state index contributed by atoms with van der Waals surface area (Å²) in [6.45, 7) is -3.62. The molecule has 0 bridgehead atoms. The summed E-state index contributed by atoms with van der Waals surface area (Å²) in [5, 5.41) is 0. The molecule has 0 aliphatic carbocycles. The molecule has 0 amide bonds. The van der Waals surface area contributed by atoms with Gasteiger partial charge in [-0.1, -0.05) is 17.6 Å². The van der Waals surface area contributed by atoms with Crippen molar-refractivity contribution < 1.29 is 12.9 Å². The molecule has 0 fully saturated rings. The molecule has 0 N–H and O–H groups in total. The Bertz CT molecular complexity index is 418. The fourth-order valence-corrected chi connectivity index (χ4v) is 1.56. The zero-order valence-electron chi connectivity index (χ0n) is 8.10. The summed E-state index contributed by atoms with van der Waals surface area (Å²) in [5.41, 5.74) is 0.284. The molecule has 0 aliphatic heterocycles. The molecule has 0 saturated carbocycles. The van der Waals surface area contributed by atoms with Crippen molar-refractivity contribution in [3.63, 3.8) is 0 Å². The Labute approximate surface area is 92.3 Å². The van der Waals surface area contributed by atoms with Crippen LogP contribution in [0.15, 0.2) is 12.1 Å². The molecular weight excluding hydrogens is 220 g/mol.